The molecule has 0 spiro atoms. The van der Waals surface area contributed by atoms with E-state index >= 15 is 0 Å². The molecule has 8 heteroatoms. The van der Waals surface area contributed by atoms with Gasteiger partial charge in [-0.15, -0.1) is 0 Å². The van der Waals surface area contributed by atoms with E-state index in [0.717, 1.165) is 24.6 Å². The Morgan fingerprint density at radius 2 is 2.36 bits per heavy atom. The van der Waals surface area contributed by atoms with Crippen LogP contribution in [0, 0.1) is 5.92 Å². The van der Waals surface area contributed by atoms with Crippen molar-refractivity contribution in [1.82, 2.24) is 19.7 Å². The number of methoxy groups -OCH3 is 1. The molecule has 0 amide bonds. The van der Waals surface area contributed by atoms with Gasteiger partial charge in [0.25, 0.3) is 0 Å². The highest BCUT2D eigenvalue weighted by molar-refractivity contribution is 5.86. The Morgan fingerprint density at radius 3 is 3.09 bits per heavy atom. The van der Waals surface area contributed by atoms with E-state index in [1.54, 1.807) is 6.20 Å². The molecule has 0 aromatic carbocycles. The molecule has 1 fully saturated rings. The van der Waals surface area contributed by atoms with Crippen LogP contribution in [0.15, 0.2) is 12.5 Å². The molecule has 2 aromatic heterocycles. The Kier molecular flexibility index (Phi) is 4.19. The smallest absolute Gasteiger partial charge is 0.327 e. The fraction of sp³-hybridized carbons (Fsp3) is 0.571. The Bertz CT molecular complexity index is 672. The van der Waals surface area contributed by atoms with Crippen molar-refractivity contribution in [2.75, 3.05) is 19.0 Å². The van der Waals surface area contributed by atoms with Crippen molar-refractivity contribution in [3.8, 4) is 0 Å². The van der Waals surface area contributed by atoms with Crippen molar-refractivity contribution in [1.29, 1.82) is 0 Å². The first-order valence-corrected chi connectivity index (χ1v) is 7.34. The summed E-state index contributed by atoms with van der Waals surface area (Å²) in [4.78, 5) is 19.8. The van der Waals surface area contributed by atoms with E-state index in [0.29, 0.717) is 18.0 Å². The summed E-state index contributed by atoms with van der Waals surface area (Å²) in [7, 11) is 1.34. The predicted molar refractivity (Wildman–Crippen MR) is 79.2 cm³/mol. The van der Waals surface area contributed by atoms with Crippen LogP contribution in [0.5, 0.6) is 0 Å². The predicted octanol–water partition coefficient (Wildman–Crippen LogP) is 0.572. The Balaban J connectivity index is 1.77. The number of rotatable bonds is 5. The van der Waals surface area contributed by atoms with Crippen LogP contribution in [0.4, 0.5) is 5.82 Å². The van der Waals surface area contributed by atoms with Gasteiger partial charge in [-0.1, -0.05) is 6.42 Å². The van der Waals surface area contributed by atoms with E-state index in [1.165, 1.54) is 18.1 Å². The fourth-order valence-electron chi connectivity index (χ4n) is 2.82. The fourth-order valence-corrected chi connectivity index (χ4v) is 2.82. The van der Waals surface area contributed by atoms with Crippen LogP contribution < -0.4 is 5.32 Å². The van der Waals surface area contributed by atoms with Crippen molar-refractivity contribution < 1.29 is 14.6 Å². The lowest BCUT2D eigenvalue weighted by molar-refractivity contribution is -0.141. The summed E-state index contributed by atoms with van der Waals surface area (Å²) in [5.74, 6) is 0.530. The molecule has 8 nitrogen and oxygen atoms in total. The first-order valence-electron chi connectivity index (χ1n) is 7.34. The monoisotopic (exact) mass is 305 g/mol. The minimum atomic E-state index is -0.382. The van der Waals surface area contributed by atoms with E-state index in [2.05, 4.69) is 25.1 Å². The third-order valence-electron chi connectivity index (χ3n) is 4.09. The summed E-state index contributed by atoms with van der Waals surface area (Å²) >= 11 is 0. The van der Waals surface area contributed by atoms with Crippen LogP contribution in [-0.2, 0) is 16.1 Å². The number of ether oxygens (including phenoxy) is 1. The average molecular weight is 305 g/mol. The molecule has 0 aliphatic heterocycles. The molecule has 2 atom stereocenters. The number of aliphatic hydroxyl groups is 1. The summed E-state index contributed by atoms with van der Waals surface area (Å²) in [5.41, 5.74) is 0.579. The van der Waals surface area contributed by atoms with E-state index in [9.17, 15) is 9.90 Å². The Labute approximate surface area is 127 Å². The summed E-state index contributed by atoms with van der Waals surface area (Å²) in [6.07, 6.45) is 5.76. The maximum absolute atomic E-state index is 11.4. The molecule has 2 heterocycles. The van der Waals surface area contributed by atoms with Crippen molar-refractivity contribution in [2.24, 2.45) is 5.92 Å². The summed E-state index contributed by atoms with van der Waals surface area (Å²) in [6.45, 7) is 0.674. The van der Waals surface area contributed by atoms with Gasteiger partial charge in [0, 0.05) is 12.5 Å². The lowest BCUT2D eigenvalue weighted by atomic mass is 10.1. The highest BCUT2D eigenvalue weighted by Gasteiger charge is 2.25. The van der Waals surface area contributed by atoms with Gasteiger partial charge < -0.3 is 15.2 Å². The number of aromatic nitrogens is 4. The van der Waals surface area contributed by atoms with E-state index in [4.69, 9.17) is 0 Å². The third kappa shape index (κ3) is 2.87. The second-order valence-electron chi connectivity index (χ2n) is 5.48. The van der Waals surface area contributed by atoms with Crippen LogP contribution in [0.3, 0.4) is 0 Å². The highest BCUT2D eigenvalue weighted by Crippen LogP contribution is 2.26. The van der Waals surface area contributed by atoms with Gasteiger partial charge in [-0.3, -0.25) is 4.79 Å². The molecular weight excluding hydrogens is 286 g/mol. The van der Waals surface area contributed by atoms with Crippen LogP contribution in [0.1, 0.15) is 19.3 Å². The summed E-state index contributed by atoms with van der Waals surface area (Å²) in [5, 5.41) is 18.0. The molecule has 3 rings (SSSR count). The van der Waals surface area contributed by atoms with Crippen molar-refractivity contribution in [3.63, 3.8) is 0 Å². The zero-order valence-corrected chi connectivity index (χ0v) is 12.4. The van der Waals surface area contributed by atoms with E-state index in [-0.39, 0.29) is 24.5 Å². The largest absolute Gasteiger partial charge is 0.468 e. The van der Waals surface area contributed by atoms with Crippen LogP contribution in [0.2, 0.25) is 0 Å². The number of nitrogens with zero attached hydrogens (tertiary/aromatic N) is 4. The first-order chi connectivity index (χ1) is 10.7. The van der Waals surface area contributed by atoms with Gasteiger partial charge in [-0.05, 0) is 12.8 Å². The number of carbonyl (C=O) groups is 1. The molecule has 2 unspecified atom stereocenters. The minimum absolute atomic E-state index is 0.0117. The Hall–Kier alpha value is -2.22. The van der Waals surface area contributed by atoms with E-state index < -0.39 is 0 Å². The van der Waals surface area contributed by atoms with Gasteiger partial charge in [-0.2, -0.15) is 5.10 Å². The van der Waals surface area contributed by atoms with Crippen LogP contribution >= 0.6 is 0 Å². The number of nitrogens with one attached hydrogen (secondary N) is 1. The number of hydrogen-bond donors (Lipinski definition) is 2. The first kappa shape index (κ1) is 14.7. The number of fused-ring (bicyclic) bond motifs is 1. The topological polar surface area (TPSA) is 102 Å². The normalized spacial score (nSPS) is 21.2. The van der Waals surface area contributed by atoms with Gasteiger partial charge in [0.1, 0.15) is 18.7 Å². The zero-order valence-electron chi connectivity index (χ0n) is 12.4. The van der Waals surface area contributed by atoms with Gasteiger partial charge in [0.15, 0.2) is 5.65 Å². The number of esters is 1. The average Bonchev–Trinajstić information content (AvgIpc) is 3.12. The number of anilines is 1. The lowest BCUT2D eigenvalue weighted by Gasteiger charge is -2.15. The van der Waals surface area contributed by atoms with Crippen LogP contribution in [-0.4, -0.2) is 50.6 Å². The molecule has 1 aliphatic rings. The molecule has 2 aromatic rings. The highest BCUT2D eigenvalue weighted by atomic mass is 16.5. The maximum atomic E-state index is 11.4. The second-order valence-corrected chi connectivity index (χ2v) is 5.48. The standard InChI is InChI=1S/C14H19N5O3/c1-22-12(21)7-19-14-10(6-18-19)13(16-8-17-14)15-5-9-3-2-4-11(9)20/h6,8-9,11,20H,2-5,7H2,1H3,(H,15,16,17). The Morgan fingerprint density at radius 1 is 1.50 bits per heavy atom. The van der Waals surface area contributed by atoms with Crippen molar-refractivity contribution >= 4 is 22.8 Å². The second kappa shape index (κ2) is 6.27. The third-order valence-corrected chi connectivity index (χ3v) is 4.09. The lowest BCUT2D eigenvalue weighted by Crippen LogP contribution is -2.22. The van der Waals surface area contributed by atoms with E-state index in [1.807, 2.05) is 0 Å². The SMILES string of the molecule is COC(=O)Cn1ncc2c(NCC3CCCC3O)ncnc21. The number of carbonyl (C=O) groups excluding carboxylic acids is 1. The molecule has 2 N–H and O–H groups in total. The minimum Gasteiger partial charge on any atom is -0.468 e. The molecule has 1 saturated carbocycles. The van der Waals surface area contributed by atoms with Crippen LogP contribution in [0.25, 0.3) is 11.0 Å². The number of aliphatic hydroxyl groups excluding tert-OH is 1. The van der Waals surface area contributed by atoms with Gasteiger partial charge in [0.05, 0.1) is 24.8 Å². The molecule has 0 bridgehead atoms. The summed E-state index contributed by atoms with van der Waals surface area (Å²) in [6, 6.07) is 0. The molecular formula is C14H19N5O3. The van der Waals surface area contributed by atoms with Gasteiger partial charge >= 0.3 is 5.97 Å². The van der Waals surface area contributed by atoms with Gasteiger partial charge in [0.2, 0.25) is 0 Å². The van der Waals surface area contributed by atoms with Crippen molar-refractivity contribution in [3.05, 3.63) is 12.5 Å². The molecule has 0 radical (unpaired) electrons. The number of hydrogen-bond acceptors (Lipinski definition) is 7. The van der Waals surface area contributed by atoms with Crippen molar-refractivity contribution in [2.45, 2.75) is 31.9 Å². The summed E-state index contributed by atoms with van der Waals surface area (Å²) < 4.78 is 6.13. The maximum Gasteiger partial charge on any atom is 0.327 e. The molecule has 0 saturated heterocycles. The van der Waals surface area contributed by atoms with Gasteiger partial charge in [-0.25, -0.2) is 14.6 Å². The molecule has 118 valence electrons. The zero-order chi connectivity index (χ0) is 15.5. The quantitative estimate of drug-likeness (QED) is 0.779. The molecule has 22 heavy (non-hydrogen) atoms. The molecule has 1 aliphatic carbocycles.